The van der Waals surface area contributed by atoms with Gasteiger partial charge in [-0.1, -0.05) is 11.6 Å². The molecular formula is C8H10ClN5O2. The zero-order chi connectivity index (χ0) is 12.0. The zero-order valence-corrected chi connectivity index (χ0v) is 8.99. The van der Waals surface area contributed by atoms with E-state index in [9.17, 15) is 9.59 Å². The second-order valence-corrected chi connectivity index (χ2v) is 3.12. The maximum atomic E-state index is 11.3. The highest BCUT2D eigenvalue weighted by atomic mass is 35.5. The standard InChI is InChI=1S/C8H10ClN5O2/c9-5-1-2-11-8(13-5)14-7(16)4-12-6(15)3-10/h1-2H,3-4,10H2,(H,12,15)(H,11,13,14,16). The van der Waals surface area contributed by atoms with Gasteiger partial charge in [-0.2, -0.15) is 0 Å². The number of aromatic nitrogens is 2. The summed E-state index contributed by atoms with van der Waals surface area (Å²) in [7, 11) is 0. The van der Waals surface area contributed by atoms with Crippen molar-refractivity contribution in [2.45, 2.75) is 0 Å². The minimum absolute atomic E-state index is 0.0829. The van der Waals surface area contributed by atoms with E-state index in [1.807, 2.05) is 0 Å². The Morgan fingerprint density at radius 2 is 2.19 bits per heavy atom. The molecule has 1 aromatic heterocycles. The minimum Gasteiger partial charge on any atom is -0.346 e. The lowest BCUT2D eigenvalue weighted by Gasteiger charge is -2.04. The molecule has 0 saturated carbocycles. The molecule has 4 N–H and O–H groups in total. The van der Waals surface area contributed by atoms with Gasteiger partial charge in [0, 0.05) is 6.20 Å². The van der Waals surface area contributed by atoms with Gasteiger partial charge in [0.15, 0.2) is 0 Å². The smallest absolute Gasteiger partial charge is 0.246 e. The van der Waals surface area contributed by atoms with Gasteiger partial charge in [-0.25, -0.2) is 9.97 Å². The van der Waals surface area contributed by atoms with Gasteiger partial charge in [0.2, 0.25) is 17.8 Å². The normalized spacial score (nSPS) is 9.62. The van der Waals surface area contributed by atoms with Crippen molar-refractivity contribution in [3.05, 3.63) is 17.4 Å². The Hall–Kier alpha value is -1.73. The molecule has 0 spiro atoms. The summed E-state index contributed by atoms with van der Waals surface area (Å²) in [6.07, 6.45) is 1.41. The Kier molecular flexibility index (Phi) is 4.62. The third kappa shape index (κ3) is 4.20. The lowest BCUT2D eigenvalue weighted by molar-refractivity contribution is -0.123. The molecule has 0 aliphatic carbocycles. The van der Waals surface area contributed by atoms with Crippen LogP contribution in [0.2, 0.25) is 5.15 Å². The summed E-state index contributed by atoms with van der Waals surface area (Å²) >= 11 is 5.59. The van der Waals surface area contributed by atoms with E-state index in [2.05, 4.69) is 20.6 Å². The van der Waals surface area contributed by atoms with E-state index in [4.69, 9.17) is 17.3 Å². The van der Waals surface area contributed by atoms with Gasteiger partial charge in [-0.05, 0) is 6.07 Å². The van der Waals surface area contributed by atoms with Crippen molar-refractivity contribution in [3.63, 3.8) is 0 Å². The lowest BCUT2D eigenvalue weighted by atomic mass is 10.5. The van der Waals surface area contributed by atoms with Crippen LogP contribution in [0.5, 0.6) is 0 Å². The third-order valence-corrected chi connectivity index (χ3v) is 1.71. The molecule has 0 saturated heterocycles. The number of anilines is 1. The number of amides is 2. The molecule has 0 aromatic carbocycles. The number of halogens is 1. The molecule has 0 fully saturated rings. The van der Waals surface area contributed by atoms with Crippen LogP contribution in [0, 0.1) is 0 Å². The highest BCUT2D eigenvalue weighted by Gasteiger charge is 2.06. The SMILES string of the molecule is NCC(=O)NCC(=O)Nc1nccc(Cl)n1. The summed E-state index contributed by atoms with van der Waals surface area (Å²) < 4.78 is 0. The molecule has 1 aromatic rings. The first-order valence-corrected chi connectivity index (χ1v) is 4.75. The van der Waals surface area contributed by atoms with Crippen molar-refractivity contribution in [1.82, 2.24) is 15.3 Å². The average molecular weight is 244 g/mol. The van der Waals surface area contributed by atoms with Gasteiger partial charge in [-0.15, -0.1) is 0 Å². The maximum absolute atomic E-state index is 11.3. The Morgan fingerprint density at radius 3 is 2.81 bits per heavy atom. The number of hydrogen-bond donors (Lipinski definition) is 3. The number of nitrogens with one attached hydrogen (secondary N) is 2. The Labute approximate surface area is 96.4 Å². The topological polar surface area (TPSA) is 110 Å². The van der Waals surface area contributed by atoms with Crippen LogP contribution in [0.3, 0.4) is 0 Å². The van der Waals surface area contributed by atoms with Gasteiger partial charge in [0.1, 0.15) is 5.15 Å². The Balaban J connectivity index is 2.43. The third-order valence-electron chi connectivity index (χ3n) is 1.50. The largest absolute Gasteiger partial charge is 0.346 e. The van der Waals surface area contributed by atoms with E-state index in [0.29, 0.717) is 0 Å². The molecule has 8 heteroatoms. The number of nitrogens with two attached hydrogens (primary N) is 1. The van der Waals surface area contributed by atoms with Crippen molar-refractivity contribution >= 4 is 29.4 Å². The maximum Gasteiger partial charge on any atom is 0.246 e. The van der Waals surface area contributed by atoms with Crippen LogP contribution in [0.4, 0.5) is 5.95 Å². The molecule has 0 radical (unpaired) electrons. The van der Waals surface area contributed by atoms with E-state index >= 15 is 0 Å². The van der Waals surface area contributed by atoms with E-state index in [-0.39, 0.29) is 24.2 Å². The highest BCUT2D eigenvalue weighted by Crippen LogP contribution is 2.04. The van der Waals surface area contributed by atoms with Crippen LogP contribution in [0.1, 0.15) is 0 Å². The highest BCUT2D eigenvalue weighted by molar-refractivity contribution is 6.29. The van der Waals surface area contributed by atoms with E-state index in [1.165, 1.54) is 12.3 Å². The molecule has 1 rings (SSSR count). The van der Waals surface area contributed by atoms with Crippen LogP contribution in [-0.2, 0) is 9.59 Å². The van der Waals surface area contributed by atoms with Gasteiger partial charge < -0.3 is 11.1 Å². The summed E-state index contributed by atoms with van der Waals surface area (Å²) in [5, 5.41) is 4.88. The molecule has 0 bridgehead atoms. The summed E-state index contributed by atoms with van der Waals surface area (Å²) in [5.74, 6) is -0.786. The molecule has 86 valence electrons. The fourth-order valence-electron chi connectivity index (χ4n) is 0.817. The van der Waals surface area contributed by atoms with Gasteiger partial charge in [0.05, 0.1) is 13.1 Å². The number of rotatable bonds is 4. The number of carbonyl (C=O) groups excluding carboxylic acids is 2. The quantitative estimate of drug-likeness (QED) is 0.597. The Morgan fingerprint density at radius 1 is 1.44 bits per heavy atom. The number of hydrogen-bond acceptors (Lipinski definition) is 5. The zero-order valence-electron chi connectivity index (χ0n) is 8.24. The predicted octanol–water partition coefficient (Wildman–Crippen LogP) is -0.857. The average Bonchev–Trinajstić information content (AvgIpc) is 2.26. The molecule has 16 heavy (non-hydrogen) atoms. The second-order valence-electron chi connectivity index (χ2n) is 2.73. The van der Waals surface area contributed by atoms with Gasteiger partial charge in [0.25, 0.3) is 0 Å². The summed E-state index contributed by atoms with van der Waals surface area (Å²) in [6, 6.07) is 1.48. The molecule has 1 heterocycles. The summed E-state index contributed by atoms with van der Waals surface area (Å²) in [4.78, 5) is 29.5. The van der Waals surface area contributed by atoms with Crippen molar-refractivity contribution in [3.8, 4) is 0 Å². The molecule has 0 unspecified atom stereocenters. The van der Waals surface area contributed by atoms with Gasteiger partial charge in [-0.3, -0.25) is 14.9 Å². The first-order chi connectivity index (χ1) is 7.61. The second kappa shape index (κ2) is 5.99. The van der Waals surface area contributed by atoms with Crippen LogP contribution in [0.25, 0.3) is 0 Å². The van der Waals surface area contributed by atoms with E-state index in [0.717, 1.165) is 0 Å². The Bertz CT molecular complexity index is 398. The molecule has 7 nitrogen and oxygen atoms in total. The van der Waals surface area contributed by atoms with Crippen LogP contribution in [-0.4, -0.2) is 34.9 Å². The van der Waals surface area contributed by atoms with Crippen molar-refractivity contribution in [2.24, 2.45) is 5.73 Å². The minimum atomic E-state index is -0.455. The van der Waals surface area contributed by atoms with E-state index in [1.54, 1.807) is 0 Å². The van der Waals surface area contributed by atoms with Gasteiger partial charge >= 0.3 is 0 Å². The first kappa shape index (κ1) is 12.3. The number of nitrogens with zero attached hydrogens (tertiary/aromatic N) is 2. The molecule has 2 amide bonds. The molecule has 0 aliphatic heterocycles. The fraction of sp³-hybridized carbons (Fsp3) is 0.250. The van der Waals surface area contributed by atoms with E-state index < -0.39 is 11.8 Å². The lowest BCUT2D eigenvalue weighted by Crippen LogP contribution is -2.36. The van der Waals surface area contributed by atoms with Crippen molar-refractivity contribution < 1.29 is 9.59 Å². The summed E-state index contributed by atoms with van der Waals surface area (Å²) in [5.41, 5.74) is 5.04. The molecule has 0 atom stereocenters. The van der Waals surface area contributed by atoms with Crippen molar-refractivity contribution in [1.29, 1.82) is 0 Å². The van der Waals surface area contributed by atoms with Crippen LogP contribution in [0.15, 0.2) is 12.3 Å². The first-order valence-electron chi connectivity index (χ1n) is 4.37. The predicted molar refractivity (Wildman–Crippen MR) is 57.7 cm³/mol. The van der Waals surface area contributed by atoms with Crippen LogP contribution >= 0.6 is 11.6 Å². The molecular weight excluding hydrogens is 234 g/mol. The fourth-order valence-corrected chi connectivity index (χ4v) is 0.953. The van der Waals surface area contributed by atoms with Crippen molar-refractivity contribution in [2.75, 3.05) is 18.4 Å². The van der Waals surface area contributed by atoms with Crippen LogP contribution < -0.4 is 16.4 Å². The summed E-state index contributed by atoms with van der Waals surface area (Å²) in [6.45, 7) is -0.354. The monoisotopic (exact) mass is 243 g/mol. The molecule has 0 aliphatic rings. The number of carbonyl (C=O) groups is 2.